The Hall–Kier alpha value is -3.35. The standard InChI is InChI=1S/C22H19F2N3O2/c1-13-25-20(10-21(28)26-13)17-12-27(22(29)15-7-3-5-9-19(15)24)11-16(17)14-6-2-4-8-18(14)23/h2-10,16-17H,11-12H2,1H3,(H,25,26,28)/t16-,17+/m0/s1. The summed E-state index contributed by atoms with van der Waals surface area (Å²) in [5, 5.41) is 0. The summed E-state index contributed by atoms with van der Waals surface area (Å²) < 4.78 is 28.7. The van der Waals surface area contributed by atoms with Crippen LogP contribution in [0.4, 0.5) is 8.78 Å². The van der Waals surface area contributed by atoms with Crippen LogP contribution < -0.4 is 5.56 Å². The molecule has 0 spiro atoms. The molecule has 0 aliphatic carbocycles. The van der Waals surface area contributed by atoms with Gasteiger partial charge in [-0.05, 0) is 30.7 Å². The van der Waals surface area contributed by atoms with Crippen LogP contribution in [-0.4, -0.2) is 33.9 Å². The zero-order valence-corrected chi connectivity index (χ0v) is 15.7. The summed E-state index contributed by atoms with van der Waals surface area (Å²) >= 11 is 0. The fourth-order valence-corrected chi connectivity index (χ4v) is 3.96. The number of nitrogens with one attached hydrogen (secondary N) is 1. The molecule has 2 atom stereocenters. The van der Waals surface area contributed by atoms with Crippen molar-refractivity contribution in [3.05, 3.63) is 99.2 Å². The van der Waals surface area contributed by atoms with E-state index in [4.69, 9.17) is 0 Å². The van der Waals surface area contributed by atoms with Crippen molar-refractivity contribution in [3.8, 4) is 0 Å². The number of carbonyl (C=O) groups is 1. The van der Waals surface area contributed by atoms with Gasteiger partial charge in [-0.25, -0.2) is 13.8 Å². The van der Waals surface area contributed by atoms with Crippen LogP contribution in [0.25, 0.3) is 0 Å². The lowest BCUT2D eigenvalue weighted by molar-refractivity contribution is 0.0784. The second-order valence-corrected chi connectivity index (χ2v) is 7.18. The number of aromatic nitrogens is 2. The van der Waals surface area contributed by atoms with Gasteiger partial charge in [0.05, 0.1) is 11.3 Å². The maximum Gasteiger partial charge on any atom is 0.256 e. The van der Waals surface area contributed by atoms with Crippen LogP contribution in [-0.2, 0) is 0 Å². The summed E-state index contributed by atoms with van der Waals surface area (Å²) in [5.74, 6) is -1.80. The average Bonchev–Trinajstić information content (AvgIpc) is 3.13. The average molecular weight is 395 g/mol. The van der Waals surface area contributed by atoms with Crippen LogP contribution in [0.5, 0.6) is 0 Å². The fraction of sp³-hybridized carbons (Fsp3) is 0.227. The number of benzene rings is 2. The normalized spacial score (nSPS) is 18.8. The number of nitrogens with zero attached hydrogens (tertiary/aromatic N) is 2. The number of H-pyrrole nitrogens is 1. The van der Waals surface area contributed by atoms with Crippen molar-refractivity contribution in [3.63, 3.8) is 0 Å². The third kappa shape index (κ3) is 3.68. The van der Waals surface area contributed by atoms with Crippen molar-refractivity contribution in [1.82, 2.24) is 14.9 Å². The largest absolute Gasteiger partial charge is 0.337 e. The lowest BCUT2D eigenvalue weighted by Gasteiger charge is -2.18. The SMILES string of the molecule is Cc1nc([C@@H]2CN(C(=O)c3ccccc3F)C[C@H]2c2ccccc2F)cc(=O)[nH]1. The Kier molecular flexibility index (Phi) is 4.96. The molecular formula is C22H19F2N3O2. The van der Waals surface area contributed by atoms with Gasteiger partial charge < -0.3 is 9.88 Å². The first kappa shape index (κ1) is 19.0. The molecule has 0 unspecified atom stereocenters. The minimum absolute atomic E-state index is 0.0320. The van der Waals surface area contributed by atoms with E-state index in [1.807, 2.05) is 0 Å². The van der Waals surface area contributed by atoms with Crippen molar-refractivity contribution in [1.29, 1.82) is 0 Å². The fourth-order valence-electron chi connectivity index (χ4n) is 3.96. The minimum atomic E-state index is -0.603. The molecule has 0 saturated carbocycles. The van der Waals surface area contributed by atoms with Gasteiger partial charge in [0.2, 0.25) is 0 Å². The Morgan fingerprint density at radius 2 is 1.69 bits per heavy atom. The highest BCUT2D eigenvalue weighted by molar-refractivity contribution is 5.94. The summed E-state index contributed by atoms with van der Waals surface area (Å²) in [6, 6.07) is 13.5. The van der Waals surface area contributed by atoms with Crippen LogP contribution in [0.1, 0.15) is 39.3 Å². The number of hydrogen-bond acceptors (Lipinski definition) is 3. The van der Waals surface area contributed by atoms with Gasteiger partial charge in [0, 0.05) is 31.0 Å². The summed E-state index contributed by atoms with van der Waals surface area (Å²) in [6.07, 6.45) is 0. The molecule has 148 valence electrons. The summed E-state index contributed by atoms with van der Waals surface area (Å²) in [5.41, 5.74) is 0.596. The summed E-state index contributed by atoms with van der Waals surface area (Å²) in [7, 11) is 0. The highest BCUT2D eigenvalue weighted by Crippen LogP contribution is 2.40. The van der Waals surface area contributed by atoms with Crippen molar-refractivity contribution in [2.45, 2.75) is 18.8 Å². The lowest BCUT2D eigenvalue weighted by atomic mass is 9.86. The first-order valence-corrected chi connectivity index (χ1v) is 9.30. The van der Waals surface area contributed by atoms with E-state index < -0.39 is 17.6 Å². The zero-order valence-electron chi connectivity index (χ0n) is 15.7. The number of rotatable bonds is 3. The first-order chi connectivity index (χ1) is 13.9. The van der Waals surface area contributed by atoms with E-state index in [0.29, 0.717) is 17.1 Å². The summed E-state index contributed by atoms with van der Waals surface area (Å²) in [6.45, 7) is 2.08. The molecule has 2 heterocycles. The third-order valence-corrected chi connectivity index (χ3v) is 5.28. The highest BCUT2D eigenvalue weighted by atomic mass is 19.1. The third-order valence-electron chi connectivity index (χ3n) is 5.28. The van der Waals surface area contributed by atoms with Gasteiger partial charge in [-0.15, -0.1) is 0 Å². The molecule has 1 N–H and O–H groups in total. The maximum atomic E-state index is 14.6. The molecule has 4 rings (SSSR count). The smallest absolute Gasteiger partial charge is 0.256 e. The van der Waals surface area contributed by atoms with Gasteiger partial charge in [-0.2, -0.15) is 0 Å². The number of carbonyl (C=O) groups excluding carboxylic acids is 1. The molecule has 2 aromatic carbocycles. The van der Waals surface area contributed by atoms with E-state index in [0.717, 1.165) is 0 Å². The Bertz CT molecular complexity index is 1130. The molecule has 0 bridgehead atoms. The Balaban J connectivity index is 1.75. The molecule has 1 fully saturated rings. The molecule has 1 saturated heterocycles. The van der Waals surface area contributed by atoms with E-state index >= 15 is 0 Å². The van der Waals surface area contributed by atoms with Gasteiger partial charge in [0.1, 0.15) is 17.5 Å². The number of likely N-dealkylation sites (tertiary alicyclic amines) is 1. The minimum Gasteiger partial charge on any atom is -0.337 e. The molecule has 29 heavy (non-hydrogen) atoms. The van der Waals surface area contributed by atoms with E-state index in [-0.39, 0.29) is 35.9 Å². The zero-order chi connectivity index (χ0) is 20.5. The predicted molar refractivity (Wildman–Crippen MR) is 104 cm³/mol. The van der Waals surface area contributed by atoms with Gasteiger partial charge in [0.15, 0.2) is 0 Å². The van der Waals surface area contributed by atoms with Crippen LogP contribution in [0.15, 0.2) is 59.4 Å². The molecule has 1 aliphatic rings. The monoisotopic (exact) mass is 395 g/mol. The Morgan fingerprint density at radius 1 is 1.03 bits per heavy atom. The number of halogens is 2. The molecule has 1 amide bonds. The maximum absolute atomic E-state index is 14.6. The number of hydrogen-bond donors (Lipinski definition) is 1. The van der Waals surface area contributed by atoms with Crippen molar-refractivity contribution in [2.75, 3.05) is 13.1 Å². The second kappa shape index (κ2) is 7.58. The van der Waals surface area contributed by atoms with Crippen molar-refractivity contribution in [2.24, 2.45) is 0 Å². The van der Waals surface area contributed by atoms with E-state index in [1.54, 1.807) is 31.2 Å². The highest BCUT2D eigenvalue weighted by Gasteiger charge is 2.40. The molecule has 5 nitrogen and oxygen atoms in total. The summed E-state index contributed by atoms with van der Waals surface area (Å²) in [4.78, 5) is 33.4. The van der Waals surface area contributed by atoms with Crippen LogP contribution in [0.2, 0.25) is 0 Å². The van der Waals surface area contributed by atoms with Crippen molar-refractivity contribution < 1.29 is 13.6 Å². The lowest BCUT2D eigenvalue weighted by Crippen LogP contribution is -2.29. The van der Waals surface area contributed by atoms with Gasteiger partial charge in [-0.1, -0.05) is 30.3 Å². The molecular weight excluding hydrogens is 376 g/mol. The van der Waals surface area contributed by atoms with E-state index in [9.17, 15) is 18.4 Å². The van der Waals surface area contributed by atoms with E-state index in [1.165, 1.54) is 35.2 Å². The quantitative estimate of drug-likeness (QED) is 0.739. The van der Waals surface area contributed by atoms with Gasteiger partial charge in [-0.3, -0.25) is 9.59 Å². The molecule has 3 aromatic rings. The van der Waals surface area contributed by atoms with Crippen molar-refractivity contribution >= 4 is 5.91 Å². The number of aromatic amines is 1. The van der Waals surface area contributed by atoms with E-state index in [2.05, 4.69) is 9.97 Å². The second-order valence-electron chi connectivity index (χ2n) is 7.18. The number of aryl methyl sites for hydroxylation is 1. The predicted octanol–water partition coefficient (Wildman–Crippen LogP) is 3.38. The molecule has 1 aliphatic heterocycles. The topological polar surface area (TPSA) is 66.1 Å². The number of amides is 1. The van der Waals surface area contributed by atoms with Gasteiger partial charge >= 0.3 is 0 Å². The Labute approximate surface area is 166 Å². The molecule has 0 radical (unpaired) electrons. The van der Waals surface area contributed by atoms with Crippen LogP contribution in [0.3, 0.4) is 0 Å². The molecule has 7 heteroatoms. The Morgan fingerprint density at radius 3 is 2.38 bits per heavy atom. The van der Waals surface area contributed by atoms with Gasteiger partial charge in [0.25, 0.3) is 11.5 Å². The molecule has 1 aromatic heterocycles. The van der Waals surface area contributed by atoms with Crippen LogP contribution >= 0.6 is 0 Å². The van der Waals surface area contributed by atoms with Crippen LogP contribution in [0, 0.1) is 18.6 Å². The first-order valence-electron chi connectivity index (χ1n) is 9.30.